The number of carbonyl (C=O) groups excluding carboxylic acids is 2. The minimum Gasteiger partial charge on any atom is -0.462 e. The fourth-order valence-corrected chi connectivity index (χ4v) is 7.78. The molecule has 0 amide bonds. The number of carbonyl (C=O) groups is 2. The Bertz CT molecular complexity index is 1210. The number of hydrogen-bond acceptors (Lipinski definition) is 5. The van der Waals surface area contributed by atoms with Gasteiger partial charge in [-0.1, -0.05) is 253 Å². The summed E-state index contributed by atoms with van der Waals surface area (Å²) in [5, 5.41) is 9.62. The van der Waals surface area contributed by atoms with Gasteiger partial charge in [0.15, 0.2) is 6.10 Å². The van der Waals surface area contributed by atoms with Crippen LogP contribution < -0.4 is 0 Å². The standard InChI is InChI=1S/C60H104O5/c1-3-5-7-9-11-13-15-17-19-20-21-22-23-24-25-26-27-28-29-30-31-32-33-34-35-36-37-38-39-40-41-43-45-47-49-51-53-55-60(63)65-58(56-61)57-64-59(62)54-52-50-48-46-44-42-18-16-14-12-10-8-6-4-2/h5,7,10-13,16-19,21-22,24-25,58,61H,3-4,6,8-9,14-15,20,23,26-57H2,1-2H3/b7-5-,12-10-,13-11-,18-16-,19-17-,22-21-,25-24-. The zero-order valence-corrected chi connectivity index (χ0v) is 42.7. The van der Waals surface area contributed by atoms with Crippen LogP contribution in [0, 0.1) is 0 Å². The molecule has 1 unspecified atom stereocenters. The van der Waals surface area contributed by atoms with Crippen molar-refractivity contribution >= 4 is 11.9 Å². The number of aliphatic hydroxyl groups excluding tert-OH is 1. The van der Waals surface area contributed by atoms with E-state index >= 15 is 0 Å². The van der Waals surface area contributed by atoms with E-state index in [-0.39, 0.29) is 25.2 Å². The number of ether oxygens (including phenoxy) is 2. The van der Waals surface area contributed by atoms with E-state index in [0.717, 1.165) is 83.5 Å². The number of unbranched alkanes of at least 4 members (excludes halogenated alkanes) is 28. The van der Waals surface area contributed by atoms with Gasteiger partial charge >= 0.3 is 11.9 Å². The molecule has 0 radical (unpaired) electrons. The van der Waals surface area contributed by atoms with Gasteiger partial charge in [-0.25, -0.2) is 0 Å². The fourth-order valence-electron chi connectivity index (χ4n) is 7.78. The second kappa shape index (κ2) is 55.4. The Hall–Kier alpha value is -2.92. The highest BCUT2D eigenvalue weighted by molar-refractivity contribution is 5.70. The van der Waals surface area contributed by atoms with Crippen LogP contribution in [0.2, 0.25) is 0 Å². The molecule has 0 spiro atoms. The Balaban J connectivity index is 3.43. The molecule has 5 nitrogen and oxygen atoms in total. The largest absolute Gasteiger partial charge is 0.462 e. The van der Waals surface area contributed by atoms with Crippen molar-refractivity contribution in [3.05, 3.63) is 85.1 Å². The molecule has 0 heterocycles. The van der Waals surface area contributed by atoms with Crippen molar-refractivity contribution in [2.75, 3.05) is 13.2 Å². The van der Waals surface area contributed by atoms with Crippen molar-refractivity contribution in [1.29, 1.82) is 0 Å². The SMILES string of the molecule is CC/C=C\C/C=C\C/C=C\C/C=C\C/C=C\CCCCCCCCCCCCCCCCCCCCCCCC(=O)OC(CO)COC(=O)CCCCCCC/C=C\C/C=C\CCCC. The Morgan fingerprint density at radius 3 is 1.00 bits per heavy atom. The second-order valence-corrected chi connectivity index (χ2v) is 18.3. The number of allylic oxidation sites excluding steroid dienone is 14. The molecular formula is C60H104O5. The lowest BCUT2D eigenvalue weighted by Crippen LogP contribution is -2.28. The minimum absolute atomic E-state index is 0.0729. The van der Waals surface area contributed by atoms with Crippen LogP contribution in [-0.2, 0) is 19.1 Å². The summed E-state index contributed by atoms with van der Waals surface area (Å²) in [7, 11) is 0. The molecule has 5 heteroatoms. The smallest absolute Gasteiger partial charge is 0.306 e. The van der Waals surface area contributed by atoms with E-state index < -0.39 is 6.10 Å². The van der Waals surface area contributed by atoms with Gasteiger partial charge in [-0.3, -0.25) is 9.59 Å². The third kappa shape index (κ3) is 53.6. The van der Waals surface area contributed by atoms with E-state index in [1.54, 1.807) is 0 Å². The normalized spacial score (nSPS) is 12.8. The average molecular weight is 905 g/mol. The van der Waals surface area contributed by atoms with Crippen molar-refractivity contribution in [2.24, 2.45) is 0 Å². The Morgan fingerprint density at radius 2 is 0.662 bits per heavy atom. The van der Waals surface area contributed by atoms with E-state index in [2.05, 4.69) is 98.9 Å². The third-order valence-corrected chi connectivity index (χ3v) is 11.9. The van der Waals surface area contributed by atoms with Crippen LogP contribution in [0.15, 0.2) is 85.1 Å². The molecule has 0 aromatic rings. The van der Waals surface area contributed by atoms with Crippen molar-refractivity contribution in [3.8, 4) is 0 Å². The first-order chi connectivity index (χ1) is 32.1. The first-order valence-electron chi connectivity index (χ1n) is 27.6. The lowest BCUT2D eigenvalue weighted by atomic mass is 10.0. The van der Waals surface area contributed by atoms with Gasteiger partial charge in [0.05, 0.1) is 6.61 Å². The summed E-state index contributed by atoms with van der Waals surface area (Å²) < 4.78 is 10.7. The molecule has 0 fully saturated rings. The lowest BCUT2D eigenvalue weighted by molar-refractivity contribution is -0.161. The van der Waals surface area contributed by atoms with E-state index in [1.165, 1.54) is 154 Å². The summed E-state index contributed by atoms with van der Waals surface area (Å²) in [6, 6.07) is 0. The second-order valence-electron chi connectivity index (χ2n) is 18.3. The topological polar surface area (TPSA) is 72.8 Å². The third-order valence-electron chi connectivity index (χ3n) is 11.9. The van der Waals surface area contributed by atoms with Gasteiger partial charge in [0.1, 0.15) is 6.61 Å². The predicted molar refractivity (Wildman–Crippen MR) is 283 cm³/mol. The van der Waals surface area contributed by atoms with Crippen LogP contribution in [0.3, 0.4) is 0 Å². The minimum atomic E-state index is -0.779. The van der Waals surface area contributed by atoms with Gasteiger partial charge in [-0.15, -0.1) is 0 Å². The van der Waals surface area contributed by atoms with Crippen LogP contribution in [0.25, 0.3) is 0 Å². The number of hydrogen-bond donors (Lipinski definition) is 1. The summed E-state index contributed by atoms with van der Waals surface area (Å²) in [5.74, 6) is -0.601. The van der Waals surface area contributed by atoms with E-state index in [1.807, 2.05) is 0 Å². The van der Waals surface area contributed by atoms with Gasteiger partial charge in [0, 0.05) is 12.8 Å². The van der Waals surface area contributed by atoms with Gasteiger partial charge in [-0.05, 0) is 83.5 Å². The quantitative estimate of drug-likeness (QED) is 0.0374. The van der Waals surface area contributed by atoms with Crippen molar-refractivity contribution in [2.45, 2.75) is 270 Å². The van der Waals surface area contributed by atoms with Crippen molar-refractivity contribution < 1.29 is 24.2 Å². The summed E-state index contributed by atoms with van der Waals surface area (Å²) in [6.07, 6.45) is 77.1. The van der Waals surface area contributed by atoms with Crippen molar-refractivity contribution in [3.63, 3.8) is 0 Å². The summed E-state index contributed by atoms with van der Waals surface area (Å²) in [4.78, 5) is 24.4. The monoisotopic (exact) mass is 905 g/mol. The van der Waals surface area contributed by atoms with Gasteiger partial charge in [-0.2, -0.15) is 0 Å². The lowest BCUT2D eigenvalue weighted by Gasteiger charge is -2.15. The summed E-state index contributed by atoms with van der Waals surface area (Å²) >= 11 is 0. The molecule has 374 valence electrons. The maximum absolute atomic E-state index is 12.3. The molecule has 1 atom stereocenters. The van der Waals surface area contributed by atoms with Gasteiger partial charge < -0.3 is 14.6 Å². The van der Waals surface area contributed by atoms with Crippen LogP contribution in [0.1, 0.15) is 264 Å². The number of rotatable bonds is 50. The highest BCUT2D eigenvalue weighted by Gasteiger charge is 2.16. The molecule has 0 aliphatic heterocycles. The van der Waals surface area contributed by atoms with Crippen LogP contribution >= 0.6 is 0 Å². The van der Waals surface area contributed by atoms with Crippen LogP contribution in [0.4, 0.5) is 0 Å². The molecule has 1 N–H and O–H groups in total. The predicted octanol–water partition coefficient (Wildman–Crippen LogP) is 18.6. The van der Waals surface area contributed by atoms with E-state index in [9.17, 15) is 14.7 Å². The highest BCUT2D eigenvalue weighted by Crippen LogP contribution is 2.16. The highest BCUT2D eigenvalue weighted by atomic mass is 16.6. The maximum Gasteiger partial charge on any atom is 0.306 e. The Morgan fingerprint density at radius 1 is 0.369 bits per heavy atom. The van der Waals surface area contributed by atoms with Crippen molar-refractivity contribution in [1.82, 2.24) is 0 Å². The first kappa shape index (κ1) is 62.1. The molecule has 0 rings (SSSR count). The molecule has 0 aromatic carbocycles. The fraction of sp³-hybridized carbons (Fsp3) is 0.733. The molecule has 0 aliphatic rings. The van der Waals surface area contributed by atoms with Crippen LogP contribution in [0.5, 0.6) is 0 Å². The molecule has 65 heavy (non-hydrogen) atoms. The Labute approximate surface area is 403 Å². The number of esters is 2. The van der Waals surface area contributed by atoms with E-state index in [4.69, 9.17) is 9.47 Å². The molecule has 0 aliphatic carbocycles. The van der Waals surface area contributed by atoms with Gasteiger partial charge in [0.2, 0.25) is 0 Å². The molecular weight excluding hydrogens is 801 g/mol. The number of aliphatic hydroxyl groups is 1. The first-order valence-corrected chi connectivity index (χ1v) is 27.6. The zero-order chi connectivity index (χ0) is 47.0. The molecule has 0 bridgehead atoms. The maximum atomic E-state index is 12.3. The average Bonchev–Trinajstić information content (AvgIpc) is 3.31. The summed E-state index contributed by atoms with van der Waals surface area (Å²) in [5.41, 5.74) is 0. The molecule has 0 saturated heterocycles. The van der Waals surface area contributed by atoms with Gasteiger partial charge in [0.25, 0.3) is 0 Å². The molecule has 0 saturated carbocycles. The molecule has 0 aromatic heterocycles. The van der Waals surface area contributed by atoms with E-state index in [0.29, 0.717) is 12.8 Å². The Kier molecular flexibility index (Phi) is 52.9. The zero-order valence-electron chi connectivity index (χ0n) is 42.7. The van der Waals surface area contributed by atoms with Crippen LogP contribution in [-0.4, -0.2) is 36.4 Å². The summed E-state index contributed by atoms with van der Waals surface area (Å²) in [6.45, 7) is 3.98.